The number of rotatable bonds is 6. The normalized spacial score (nSPS) is 19.0. The van der Waals surface area contributed by atoms with Crippen molar-refractivity contribution in [2.24, 2.45) is 10.9 Å². The molecule has 0 aliphatic carbocycles. The summed E-state index contributed by atoms with van der Waals surface area (Å²) in [5.74, 6) is -0.419. The van der Waals surface area contributed by atoms with Crippen LogP contribution in [0.25, 0.3) is 22.3 Å². The number of nitrogens with two attached hydrogens (primary N) is 1. The molecule has 1 atom stereocenters. The predicted molar refractivity (Wildman–Crippen MR) is 127 cm³/mol. The molecule has 0 bridgehead atoms. The first-order chi connectivity index (χ1) is 16.5. The number of hydrogen-bond donors (Lipinski definition) is 2. The van der Waals surface area contributed by atoms with Gasteiger partial charge >= 0.3 is 5.97 Å². The Morgan fingerprint density at radius 2 is 2.15 bits per heavy atom. The first-order valence-electron chi connectivity index (χ1n) is 11.3. The third kappa shape index (κ3) is 3.39. The second-order valence-electron chi connectivity index (χ2n) is 8.67. The largest absolute Gasteiger partial charge is 0.461 e. The van der Waals surface area contributed by atoms with Gasteiger partial charge in [0.05, 0.1) is 48.3 Å². The molecule has 2 aromatic heterocycles. The number of nitrogens with zero attached hydrogens (tertiary/aromatic N) is 3. The van der Waals surface area contributed by atoms with E-state index in [9.17, 15) is 14.7 Å². The number of aromatic nitrogens is 2. The molecule has 0 fully saturated rings. The highest BCUT2D eigenvalue weighted by atomic mass is 16.6. The molecule has 4 heterocycles. The lowest BCUT2D eigenvalue weighted by molar-refractivity contribution is -0.146. The van der Waals surface area contributed by atoms with Crippen LogP contribution < -0.4 is 11.3 Å². The maximum absolute atomic E-state index is 13.6. The summed E-state index contributed by atoms with van der Waals surface area (Å²) < 4.78 is 7.00. The fourth-order valence-electron chi connectivity index (χ4n) is 4.95. The van der Waals surface area contributed by atoms with Gasteiger partial charge in [-0.2, -0.15) is 0 Å². The van der Waals surface area contributed by atoms with Gasteiger partial charge in [0.15, 0.2) is 0 Å². The highest BCUT2D eigenvalue weighted by Crippen LogP contribution is 2.41. The van der Waals surface area contributed by atoms with Crippen molar-refractivity contribution in [1.29, 1.82) is 0 Å². The fourth-order valence-corrected chi connectivity index (χ4v) is 4.95. The summed E-state index contributed by atoms with van der Waals surface area (Å²) in [4.78, 5) is 36.1. The molecule has 0 amide bonds. The number of ether oxygens (including phenoxy) is 1. The number of cyclic esters (lactones) is 1. The Morgan fingerprint density at radius 3 is 2.91 bits per heavy atom. The number of aliphatic hydroxyl groups is 1. The number of carbonyl (C=O) groups is 1. The van der Waals surface area contributed by atoms with E-state index in [-0.39, 0.29) is 25.2 Å². The van der Waals surface area contributed by atoms with Gasteiger partial charge in [0.1, 0.15) is 13.2 Å². The molecule has 176 valence electrons. The van der Waals surface area contributed by atoms with Crippen molar-refractivity contribution in [3.8, 4) is 11.4 Å². The van der Waals surface area contributed by atoms with E-state index in [0.717, 1.165) is 22.0 Å². The second kappa shape index (κ2) is 8.66. The van der Waals surface area contributed by atoms with Crippen molar-refractivity contribution in [1.82, 2.24) is 9.55 Å². The molecule has 0 saturated heterocycles. The molecular weight excluding hydrogens is 436 g/mol. The van der Waals surface area contributed by atoms with Crippen molar-refractivity contribution < 1.29 is 19.5 Å². The number of esters is 1. The number of pyridine rings is 2. The zero-order chi connectivity index (χ0) is 23.9. The van der Waals surface area contributed by atoms with Gasteiger partial charge in [-0.3, -0.25) is 9.59 Å². The number of fused-ring (bicyclic) bond motifs is 5. The van der Waals surface area contributed by atoms with Gasteiger partial charge in [-0.1, -0.05) is 30.3 Å². The van der Waals surface area contributed by atoms with Gasteiger partial charge in [0, 0.05) is 28.5 Å². The van der Waals surface area contributed by atoms with Gasteiger partial charge in [0.25, 0.3) is 5.56 Å². The Kier molecular flexibility index (Phi) is 5.66. The van der Waals surface area contributed by atoms with E-state index >= 15 is 0 Å². The van der Waals surface area contributed by atoms with E-state index in [0.29, 0.717) is 48.6 Å². The highest BCUT2D eigenvalue weighted by molar-refractivity contribution is 6.02. The van der Waals surface area contributed by atoms with Crippen molar-refractivity contribution >= 4 is 23.1 Å². The SMILES string of the molecule is CCC1(CO)CC(=O)OCc2c1cc1n(c2=O)Cc2c-1nc1ccccc1c2/C=N/OCCN. The van der Waals surface area contributed by atoms with Gasteiger partial charge in [-0.05, 0) is 24.1 Å². The molecule has 0 radical (unpaired) electrons. The minimum atomic E-state index is -0.877. The Balaban J connectivity index is 1.75. The molecule has 0 saturated carbocycles. The summed E-state index contributed by atoms with van der Waals surface area (Å²) in [5, 5.41) is 15.3. The maximum Gasteiger partial charge on any atom is 0.307 e. The van der Waals surface area contributed by atoms with E-state index in [1.54, 1.807) is 10.8 Å². The zero-order valence-electron chi connectivity index (χ0n) is 18.9. The summed E-state index contributed by atoms with van der Waals surface area (Å²) in [6.45, 7) is 2.49. The predicted octanol–water partition coefficient (Wildman–Crippen LogP) is 1.82. The molecule has 2 aliphatic heterocycles. The molecule has 1 aromatic carbocycles. The van der Waals surface area contributed by atoms with Gasteiger partial charge in [-0.15, -0.1) is 0 Å². The van der Waals surface area contributed by atoms with Crippen molar-refractivity contribution in [2.75, 3.05) is 19.8 Å². The summed E-state index contributed by atoms with van der Waals surface area (Å²) in [6.07, 6.45) is 2.15. The highest BCUT2D eigenvalue weighted by Gasteiger charge is 2.40. The number of carbonyl (C=O) groups excluding carboxylic acids is 1. The smallest absolute Gasteiger partial charge is 0.307 e. The summed E-state index contributed by atoms with van der Waals surface area (Å²) >= 11 is 0. The van der Waals surface area contributed by atoms with Crippen LogP contribution in [-0.4, -0.2) is 46.6 Å². The number of aliphatic hydroxyl groups excluding tert-OH is 1. The van der Waals surface area contributed by atoms with E-state index < -0.39 is 11.4 Å². The Hall–Kier alpha value is -3.56. The van der Waals surface area contributed by atoms with Crippen LogP contribution in [-0.2, 0) is 32.9 Å². The van der Waals surface area contributed by atoms with E-state index in [4.69, 9.17) is 20.3 Å². The average molecular weight is 463 g/mol. The standard InChI is InChI=1S/C25H26N4O5/c1-2-25(14-30)10-22(31)33-13-18-19(25)9-21-23-17(12-29(21)24(18)32)16(11-27-34-8-7-26)15-5-3-4-6-20(15)28-23/h3-6,9,11,30H,2,7-8,10,12-14,26H2,1H3/b27-11+. The lowest BCUT2D eigenvalue weighted by Gasteiger charge is -2.30. The topological polar surface area (TPSA) is 129 Å². The summed E-state index contributed by atoms with van der Waals surface area (Å²) in [6, 6.07) is 9.60. The monoisotopic (exact) mass is 462 g/mol. The van der Waals surface area contributed by atoms with E-state index in [1.807, 2.05) is 37.3 Å². The van der Waals surface area contributed by atoms with Gasteiger partial charge in [-0.25, -0.2) is 4.98 Å². The first-order valence-corrected chi connectivity index (χ1v) is 11.3. The van der Waals surface area contributed by atoms with Crippen molar-refractivity contribution in [3.63, 3.8) is 0 Å². The third-order valence-electron chi connectivity index (χ3n) is 6.87. The zero-order valence-corrected chi connectivity index (χ0v) is 18.9. The van der Waals surface area contributed by atoms with Crippen LogP contribution in [0.1, 0.15) is 42.0 Å². The number of hydrogen-bond acceptors (Lipinski definition) is 8. The van der Waals surface area contributed by atoms with Crippen LogP contribution in [0.15, 0.2) is 40.3 Å². The van der Waals surface area contributed by atoms with Crippen LogP contribution in [0, 0.1) is 0 Å². The molecule has 3 N–H and O–H groups in total. The van der Waals surface area contributed by atoms with Crippen LogP contribution in [0.3, 0.4) is 0 Å². The first kappa shape index (κ1) is 22.2. The van der Waals surface area contributed by atoms with E-state index in [1.165, 1.54) is 0 Å². The fraction of sp³-hybridized carbons (Fsp3) is 0.360. The molecule has 2 aliphatic rings. The summed E-state index contributed by atoms with van der Waals surface area (Å²) in [7, 11) is 0. The minimum absolute atomic E-state index is 0.0181. The maximum atomic E-state index is 13.6. The molecule has 0 spiro atoms. The Labute approximate surface area is 195 Å². The third-order valence-corrected chi connectivity index (χ3v) is 6.87. The van der Waals surface area contributed by atoms with Crippen LogP contribution in [0.5, 0.6) is 0 Å². The second-order valence-corrected chi connectivity index (χ2v) is 8.67. The molecule has 9 nitrogen and oxygen atoms in total. The van der Waals surface area contributed by atoms with Gasteiger partial charge < -0.3 is 25.0 Å². The number of oxime groups is 1. The Morgan fingerprint density at radius 1 is 1.32 bits per heavy atom. The molecular formula is C25H26N4O5. The molecule has 3 aromatic rings. The van der Waals surface area contributed by atoms with Crippen molar-refractivity contribution in [3.05, 3.63) is 62.9 Å². The Bertz CT molecular complexity index is 1370. The average Bonchev–Trinajstić information content (AvgIpc) is 3.15. The minimum Gasteiger partial charge on any atom is -0.461 e. The van der Waals surface area contributed by atoms with Crippen LogP contribution in [0.2, 0.25) is 0 Å². The van der Waals surface area contributed by atoms with Crippen LogP contribution in [0.4, 0.5) is 0 Å². The molecule has 5 rings (SSSR count). The van der Waals surface area contributed by atoms with Crippen molar-refractivity contribution in [2.45, 2.75) is 38.3 Å². The summed E-state index contributed by atoms with van der Waals surface area (Å²) in [5.41, 5.74) is 9.22. The van der Waals surface area contributed by atoms with E-state index in [2.05, 4.69) is 5.16 Å². The molecule has 34 heavy (non-hydrogen) atoms. The van der Waals surface area contributed by atoms with Gasteiger partial charge in [0.2, 0.25) is 0 Å². The lowest BCUT2D eigenvalue weighted by Crippen LogP contribution is -2.35. The lowest BCUT2D eigenvalue weighted by atomic mass is 9.74. The number of benzene rings is 1. The van der Waals surface area contributed by atoms with Crippen LogP contribution >= 0.6 is 0 Å². The number of para-hydroxylation sites is 1. The molecule has 9 heteroatoms. The molecule has 1 unspecified atom stereocenters. The quantitative estimate of drug-likeness (QED) is 0.194.